The molecule has 0 saturated carbocycles. The topological polar surface area (TPSA) is 78.8 Å². The minimum Gasteiger partial charge on any atom is -0.497 e. The van der Waals surface area contributed by atoms with E-state index in [2.05, 4.69) is 16.0 Å². The van der Waals surface area contributed by atoms with E-state index in [-0.39, 0.29) is 5.56 Å². The molecule has 132 valence electrons. The lowest BCUT2D eigenvalue weighted by Gasteiger charge is -2.22. The van der Waals surface area contributed by atoms with Crippen molar-refractivity contribution in [3.05, 3.63) is 69.8 Å². The third-order valence-corrected chi connectivity index (χ3v) is 4.75. The Bertz CT molecular complexity index is 1050. The van der Waals surface area contributed by atoms with E-state index in [1.807, 2.05) is 44.2 Å². The predicted molar refractivity (Wildman–Crippen MR) is 101 cm³/mol. The second-order valence-electron chi connectivity index (χ2n) is 6.59. The molecule has 3 rings (SSSR count). The summed E-state index contributed by atoms with van der Waals surface area (Å²) in [4.78, 5) is 19.4. The third-order valence-electron chi connectivity index (χ3n) is 4.75. The van der Waals surface area contributed by atoms with Crippen LogP contribution in [0.25, 0.3) is 10.9 Å². The molecule has 0 bridgehead atoms. The number of H-pyrrole nitrogens is 1. The lowest BCUT2D eigenvalue weighted by Crippen LogP contribution is -2.23. The van der Waals surface area contributed by atoms with Crippen molar-refractivity contribution in [3.63, 3.8) is 0 Å². The zero-order valence-electron chi connectivity index (χ0n) is 15.2. The molecule has 1 atom stereocenters. The lowest BCUT2D eigenvalue weighted by molar-refractivity contribution is 0.413. The van der Waals surface area contributed by atoms with Crippen molar-refractivity contribution in [2.75, 3.05) is 7.11 Å². The van der Waals surface area contributed by atoms with Gasteiger partial charge >= 0.3 is 0 Å². The monoisotopic (exact) mass is 347 g/mol. The molecule has 0 amide bonds. The van der Waals surface area contributed by atoms with E-state index in [0.717, 1.165) is 27.7 Å². The Kier molecular flexibility index (Phi) is 4.77. The van der Waals surface area contributed by atoms with E-state index in [0.29, 0.717) is 18.6 Å². The molecule has 0 aliphatic carbocycles. The van der Waals surface area contributed by atoms with Crippen molar-refractivity contribution < 1.29 is 4.74 Å². The minimum absolute atomic E-state index is 0.0785. The number of methoxy groups -OCH3 is 1. The summed E-state index contributed by atoms with van der Waals surface area (Å²) in [5, 5.41) is 10.8. The van der Waals surface area contributed by atoms with E-state index in [1.54, 1.807) is 19.4 Å². The van der Waals surface area contributed by atoms with Crippen LogP contribution in [0.4, 0.5) is 0 Å². The lowest BCUT2D eigenvalue weighted by atomic mass is 9.79. The van der Waals surface area contributed by atoms with Crippen molar-refractivity contribution in [1.82, 2.24) is 9.97 Å². The van der Waals surface area contributed by atoms with Gasteiger partial charge in [0, 0.05) is 35.5 Å². The van der Waals surface area contributed by atoms with Crippen molar-refractivity contribution in [2.45, 2.75) is 32.1 Å². The highest BCUT2D eigenvalue weighted by molar-refractivity contribution is 5.80. The predicted octanol–water partition coefficient (Wildman–Crippen LogP) is 3.52. The van der Waals surface area contributed by atoms with Gasteiger partial charge in [0.25, 0.3) is 5.56 Å². The number of benzene rings is 1. The molecule has 1 aromatic carbocycles. The Labute approximate surface area is 152 Å². The molecule has 1 unspecified atom stereocenters. The fourth-order valence-electron chi connectivity index (χ4n) is 3.10. The Morgan fingerprint density at radius 3 is 2.77 bits per heavy atom. The van der Waals surface area contributed by atoms with Crippen molar-refractivity contribution >= 4 is 10.9 Å². The number of fused-ring (bicyclic) bond motifs is 1. The smallest absolute Gasteiger partial charge is 0.251 e. The number of nitrogens with one attached hydrogen (secondary N) is 1. The van der Waals surface area contributed by atoms with Crippen molar-refractivity contribution in [3.8, 4) is 11.8 Å². The van der Waals surface area contributed by atoms with E-state index < -0.39 is 5.41 Å². The minimum atomic E-state index is -0.770. The molecular weight excluding hydrogens is 326 g/mol. The maximum Gasteiger partial charge on any atom is 0.251 e. The average molecular weight is 347 g/mol. The van der Waals surface area contributed by atoms with Crippen LogP contribution in [0, 0.1) is 11.3 Å². The fourth-order valence-corrected chi connectivity index (χ4v) is 3.10. The molecule has 0 spiro atoms. The van der Waals surface area contributed by atoms with Crippen LogP contribution < -0.4 is 10.3 Å². The average Bonchev–Trinajstić information content (AvgIpc) is 2.67. The summed E-state index contributed by atoms with van der Waals surface area (Å²) in [6.07, 6.45) is 2.81. The van der Waals surface area contributed by atoms with Crippen LogP contribution in [-0.4, -0.2) is 17.1 Å². The second-order valence-corrected chi connectivity index (χ2v) is 6.59. The number of hydrogen-bond donors (Lipinski definition) is 1. The second kappa shape index (κ2) is 7.01. The van der Waals surface area contributed by atoms with Gasteiger partial charge < -0.3 is 9.72 Å². The number of nitrogens with zero attached hydrogens (tertiary/aromatic N) is 2. The number of aryl methyl sites for hydroxylation is 1. The van der Waals surface area contributed by atoms with Crippen LogP contribution in [0.3, 0.4) is 0 Å². The van der Waals surface area contributed by atoms with Gasteiger partial charge in [-0.3, -0.25) is 9.78 Å². The zero-order valence-corrected chi connectivity index (χ0v) is 15.2. The van der Waals surface area contributed by atoms with Crippen LogP contribution in [0.15, 0.2) is 47.4 Å². The van der Waals surface area contributed by atoms with Crippen LogP contribution >= 0.6 is 0 Å². The first kappa shape index (κ1) is 17.7. The highest BCUT2D eigenvalue weighted by Crippen LogP contribution is 2.30. The Balaban J connectivity index is 2.03. The Morgan fingerprint density at radius 1 is 1.27 bits per heavy atom. The maximum absolute atomic E-state index is 12.1. The van der Waals surface area contributed by atoms with Gasteiger partial charge in [-0.15, -0.1) is 0 Å². The normalized spacial score (nSPS) is 13.2. The van der Waals surface area contributed by atoms with Gasteiger partial charge in [-0.1, -0.05) is 19.1 Å². The van der Waals surface area contributed by atoms with E-state index in [4.69, 9.17) is 4.74 Å². The standard InChI is InChI=1S/C21H21N3O2/c1-4-14-9-15-5-6-16(10-19(15)24-20(14)25)21(2,13-22)12-17-11-18(26-3)7-8-23-17/h5-11H,4,12H2,1-3H3,(H,24,25). The van der Waals surface area contributed by atoms with Gasteiger partial charge in [0.1, 0.15) is 5.75 Å². The first-order chi connectivity index (χ1) is 12.5. The molecule has 0 radical (unpaired) electrons. The molecule has 1 N–H and O–H groups in total. The largest absolute Gasteiger partial charge is 0.497 e. The molecule has 0 saturated heterocycles. The summed E-state index contributed by atoms with van der Waals surface area (Å²) in [5.41, 5.74) is 2.28. The molecule has 0 aliphatic heterocycles. The quantitative estimate of drug-likeness (QED) is 0.766. The summed E-state index contributed by atoms with van der Waals surface area (Å²) in [6, 6.07) is 13.7. The molecule has 0 fully saturated rings. The summed E-state index contributed by atoms with van der Waals surface area (Å²) in [5.74, 6) is 0.713. The Hall–Kier alpha value is -3.13. The molecule has 5 heteroatoms. The number of aromatic nitrogens is 2. The van der Waals surface area contributed by atoms with E-state index >= 15 is 0 Å². The van der Waals surface area contributed by atoms with Gasteiger partial charge in [0.2, 0.25) is 0 Å². The van der Waals surface area contributed by atoms with Gasteiger partial charge in [-0.05, 0) is 42.5 Å². The zero-order chi connectivity index (χ0) is 18.7. The van der Waals surface area contributed by atoms with Crippen LogP contribution in [-0.2, 0) is 18.3 Å². The SMILES string of the molecule is CCc1cc2ccc(C(C)(C#N)Cc3cc(OC)ccn3)cc2[nH]c1=O. The van der Waals surface area contributed by atoms with Crippen molar-refractivity contribution in [2.24, 2.45) is 0 Å². The van der Waals surface area contributed by atoms with Gasteiger partial charge in [0.15, 0.2) is 0 Å². The summed E-state index contributed by atoms with van der Waals surface area (Å²) in [7, 11) is 1.60. The first-order valence-corrected chi connectivity index (χ1v) is 8.55. The molecule has 5 nitrogen and oxygen atoms in total. The fraction of sp³-hybridized carbons (Fsp3) is 0.286. The number of rotatable bonds is 5. The number of aromatic amines is 1. The number of nitriles is 1. The number of hydrogen-bond acceptors (Lipinski definition) is 4. The molecular formula is C21H21N3O2. The molecule has 26 heavy (non-hydrogen) atoms. The highest BCUT2D eigenvalue weighted by Gasteiger charge is 2.28. The first-order valence-electron chi connectivity index (χ1n) is 8.55. The molecule has 2 aromatic heterocycles. The van der Waals surface area contributed by atoms with Gasteiger partial charge in [-0.2, -0.15) is 5.26 Å². The number of pyridine rings is 2. The highest BCUT2D eigenvalue weighted by atomic mass is 16.5. The van der Waals surface area contributed by atoms with Gasteiger partial charge in [-0.25, -0.2) is 0 Å². The third kappa shape index (κ3) is 3.31. The number of ether oxygens (including phenoxy) is 1. The van der Waals surface area contributed by atoms with E-state index in [1.165, 1.54) is 0 Å². The molecule has 0 aliphatic rings. The van der Waals surface area contributed by atoms with Crippen LogP contribution in [0.1, 0.15) is 30.7 Å². The summed E-state index contributed by atoms with van der Waals surface area (Å²) < 4.78 is 5.24. The van der Waals surface area contributed by atoms with Crippen LogP contribution in [0.5, 0.6) is 5.75 Å². The summed E-state index contributed by atoms with van der Waals surface area (Å²) in [6.45, 7) is 3.84. The molecule has 2 heterocycles. The molecule has 3 aromatic rings. The summed E-state index contributed by atoms with van der Waals surface area (Å²) >= 11 is 0. The maximum atomic E-state index is 12.1. The van der Waals surface area contributed by atoms with E-state index in [9.17, 15) is 10.1 Å². The van der Waals surface area contributed by atoms with Crippen molar-refractivity contribution in [1.29, 1.82) is 5.26 Å². The van der Waals surface area contributed by atoms with Crippen LogP contribution in [0.2, 0.25) is 0 Å². The Morgan fingerprint density at radius 2 is 2.08 bits per heavy atom. The van der Waals surface area contributed by atoms with Gasteiger partial charge in [0.05, 0.1) is 18.6 Å².